The summed E-state index contributed by atoms with van der Waals surface area (Å²) >= 11 is 3.53. The van der Waals surface area contributed by atoms with Crippen molar-refractivity contribution in [1.29, 1.82) is 0 Å². The number of hydrogen-bond acceptors (Lipinski definition) is 6. The van der Waals surface area contributed by atoms with Crippen LogP contribution >= 0.6 is 15.9 Å². The second-order valence-corrected chi connectivity index (χ2v) is 15.0. The highest BCUT2D eigenvalue weighted by Gasteiger charge is 2.58. The lowest BCUT2D eigenvalue weighted by molar-refractivity contribution is -0.144. The molecule has 1 aliphatic carbocycles. The molecule has 48 heavy (non-hydrogen) atoms. The normalized spacial score (nSPS) is 25.2. The van der Waals surface area contributed by atoms with Crippen LogP contribution in [0.3, 0.4) is 0 Å². The number of amides is 2. The van der Waals surface area contributed by atoms with Crippen molar-refractivity contribution in [2.45, 2.75) is 64.6 Å². The molecular weight excluding hydrogens is 666 g/mol. The first-order valence-corrected chi connectivity index (χ1v) is 18.2. The number of nitrogens with zero attached hydrogens (tertiary/aromatic N) is 3. The SMILES string of the molecule is CC(C)C1=C2[C@@H](CC/C(=C/c3cc(Br)ccc3O)c3ccccn3)OC[C@@H]2[C@@H]2C(=O)N(C3CCN(Cc4ccccc4)CC3)C(=O)[C@@H]2C1. The highest BCUT2D eigenvalue weighted by Crippen LogP contribution is 2.52. The van der Waals surface area contributed by atoms with Gasteiger partial charge < -0.3 is 9.84 Å². The molecule has 3 aromatic rings. The number of carbonyl (C=O) groups is 2. The van der Waals surface area contributed by atoms with Gasteiger partial charge in [0.25, 0.3) is 0 Å². The lowest BCUT2D eigenvalue weighted by atomic mass is 9.67. The minimum absolute atomic E-state index is 0.0141. The van der Waals surface area contributed by atoms with E-state index in [9.17, 15) is 14.7 Å². The Bertz CT molecular complexity index is 1710. The van der Waals surface area contributed by atoms with Gasteiger partial charge >= 0.3 is 0 Å². The number of aromatic hydroxyl groups is 1. The van der Waals surface area contributed by atoms with E-state index in [4.69, 9.17) is 4.74 Å². The average Bonchev–Trinajstić information content (AvgIpc) is 3.63. The number of pyridine rings is 1. The van der Waals surface area contributed by atoms with Gasteiger partial charge in [0.2, 0.25) is 11.8 Å². The lowest BCUT2D eigenvalue weighted by Gasteiger charge is -2.36. The quantitative estimate of drug-likeness (QED) is 0.183. The Morgan fingerprint density at radius 1 is 1.02 bits per heavy atom. The van der Waals surface area contributed by atoms with Gasteiger partial charge in [-0.05, 0) is 91.1 Å². The number of phenolic OH excluding ortho intramolecular Hbond substituents is 1. The van der Waals surface area contributed by atoms with Crippen LogP contribution in [-0.2, 0) is 20.9 Å². The number of phenols is 1. The summed E-state index contributed by atoms with van der Waals surface area (Å²) in [6.45, 7) is 7.52. The van der Waals surface area contributed by atoms with E-state index in [-0.39, 0.29) is 53.4 Å². The number of hydrogen-bond donors (Lipinski definition) is 1. The van der Waals surface area contributed by atoms with Gasteiger partial charge in [-0.2, -0.15) is 0 Å². The number of ether oxygens (including phenoxy) is 1. The third-order valence-corrected chi connectivity index (χ3v) is 11.3. The zero-order valence-corrected chi connectivity index (χ0v) is 29.3. The topological polar surface area (TPSA) is 83.0 Å². The van der Waals surface area contributed by atoms with Gasteiger partial charge in [-0.25, -0.2) is 0 Å². The van der Waals surface area contributed by atoms with Crippen molar-refractivity contribution in [3.63, 3.8) is 0 Å². The number of likely N-dealkylation sites (tertiary alicyclic amines) is 2. The summed E-state index contributed by atoms with van der Waals surface area (Å²) in [5, 5.41) is 10.6. The maximum Gasteiger partial charge on any atom is 0.234 e. The molecule has 0 spiro atoms. The van der Waals surface area contributed by atoms with Crippen molar-refractivity contribution < 1.29 is 19.4 Å². The zero-order valence-electron chi connectivity index (χ0n) is 27.7. The molecule has 4 aliphatic rings. The molecule has 7 nitrogen and oxygen atoms in total. The summed E-state index contributed by atoms with van der Waals surface area (Å²) in [6.07, 6.45) is 7.35. The van der Waals surface area contributed by atoms with Crippen molar-refractivity contribution in [2.75, 3.05) is 19.7 Å². The Hall–Kier alpha value is -3.59. The molecule has 4 atom stereocenters. The minimum atomic E-state index is -0.341. The summed E-state index contributed by atoms with van der Waals surface area (Å²) in [7, 11) is 0. The molecule has 4 heterocycles. The predicted octanol–water partition coefficient (Wildman–Crippen LogP) is 7.51. The Morgan fingerprint density at radius 3 is 2.52 bits per heavy atom. The summed E-state index contributed by atoms with van der Waals surface area (Å²) in [5.41, 5.74) is 6.41. The second-order valence-electron chi connectivity index (χ2n) is 14.1. The van der Waals surface area contributed by atoms with Crippen molar-refractivity contribution in [1.82, 2.24) is 14.8 Å². The number of piperidine rings is 1. The van der Waals surface area contributed by atoms with Crippen LogP contribution in [0.15, 0.2) is 88.5 Å². The zero-order chi connectivity index (χ0) is 33.4. The Labute approximate surface area is 291 Å². The molecule has 0 bridgehead atoms. The maximum atomic E-state index is 14.2. The highest BCUT2D eigenvalue weighted by atomic mass is 79.9. The van der Waals surface area contributed by atoms with E-state index in [2.05, 4.69) is 63.9 Å². The maximum absolute atomic E-state index is 14.2. The predicted molar refractivity (Wildman–Crippen MR) is 190 cm³/mol. The van der Waals surface area contributed by atoms with E-state index in [1.54, 1.807) is 17.2 Å². The lowest BCUT2D eigenvalue weighted by Crippen LogP contribution is -2.47. The standard InChI is InChI=1S/C40H44BrN3O4/c1-25(2)31-22-32-38(40(47)44(39(32)46)30-15-18-43(19-16-30)23-26-8-4-3-5-9-26)33-24-48-36(37(31)33)14-11-27(34-10-6-7-17-42-34)20-28-21-29(41)12-13-35(28)45/h3-10,12-13,17,20-21,25,30,32-33,36,38,45H,11,14-16,18-19,22-24H2,1-2H3/b27-20-/t32-,33+,36-,38-/m1/s1. The summed E-state index contributed by atoms with van der Waals surface area (Å²) in [6, 6.07) is 21.7. The molecule has 1 N–H and O–H groups in total. The number of halogens is 1. The van der Waals surface area contributed by atoms with Gasteiger partial charge in [-0.1, -0.05) is 71.7 Å². The molecule has 0 saturated carbocycles. The number of imide groups is 1. The van der Waals surface area contributed by atoms with Crippen LogP contribution in [0.2, 0.25) is 0 Å². The summed E-state index contributed by atoms with van der Waals surface area (Å²) in [4.78, 5) is 37.0. The van der Waals surface area contributed by atoms with E-state index >= 15 is 0 Å². The molecule has 3 aliphatic heterocycles. The third kappa shape index (κ3) is 6.55. The molecule has 2 amide bonds. The number of carbonyl (C=O) groups excluding carboxylic acids is 2. The molecule has 1 aromatic heterocycles. The van der Waals surface area contributed by atoms with Gasteiger partial charge in [0.15, 0.2) is 0 Å². The molecule has 8 heteroatoms. The molecule has 0 unspecified atom stereocenters. The monoisotopic (exact) mass is 709 g/mol. The second kappa shape index (κ2) is 14.1. The third-order valence-electron chi connectivity index (χ3n) is 10.8. The number of benzene rings is 2. The number of fused-ring (bicyclic) bond motifs is 3. The Morgan fingerprint density at radius 2 is 1.79 bits per heavy atom. The van der Waals surface area contributed by atoms with E-state index in [0.29, 0.717) is 19.4 Å². The number of aromatic nitrogens is 1. The number of allylic oxidation sites excluding steroid dienone is 2. The van der Waals surface area contributed by atoms with Crippen LogP contribution in [0.4, 0.5) is 0 Å². The van der Waals surface area contributed by atoms with Gasteiger partial charge in [-0.15, -0.1) is 0 Å². The van der Waals surface area contributed by atoms with Gasteiger partial charge in [0, 0.05) is 47.8 Å². The van der Waals surface area contributed by atoms with Crippen LogP contribution in [0.5, 0.6) is 5.75 Å². The number of rotatable bonds is 9. The molecular formula is C40H44BrN3O4. The first kappa shape index (κ1) is 32.9. The van der Waals surface area contributed by atoms with Crippen LogP contribution in [0, 0.1) is 23.7 Å². The fourth-order valence-corrected chi connectivity index (χ4v) is 8.84. The molecule has 3 fully saturated rings. The highest BCUT2D eigenvalue weighted by molar-refractivity contribution is 9.10. The largest absolute Gasteiger partial charge is 0.507 e. The molecule has 7 rings (SSSR count). The minimum Gasteiger partial charge on any atom is -0.507 e. The Kier molecular flexibility index (Phi) is 9.67. The van der Waals surface area contributed by atoms with E-state index < -0.39 is 0 Å². The van der Waals surface area contributed by atoms with Gasteiger partial charge in [-0.3, -0.25) is 24.4 Å². The first-order chi connectivity index (χ1) is 23.3. The average molecular weight is 711 g/mol. The molecule has 3 saturated heterocycles. The van der Waals surface area contributed by atoms with Crippen LogP contribution in [0.1, 0.15) is 62.8 Å². The van der Waals surface area contributed by atoms with Gasteiger partial charge in [0.05, 0.1) is 30.2 Å². The van der Waals surface area contributed by atoms with Crippen molar-refractivity contribution >= 4 is 39.4 Å². The van der Waals surface area contributed by atoms with Crippen molar-refractivity contribution in [3.8, 4) is 5.75 Å². The first-order valence-electron chi connectivity index (χ1n) is 17.4. The molecule has 250 valence electrons. The van der Waals surface area contributed by atoms with E-state index in [0.717, 1.165) is 60.2 Å². The summed E-state index contributed by atoms with van der Waals surface area (Å²) in [5.74, 6) is -0.189. The van der Waals surface area contributed by atoms with E-state index in [1.165, 1.54) is 16.7 Å². The summed E-state index contributed by atoms with van der Waals surface area (Å²) < 4.78 is 7.44. The van der Waals surface area contributed by atoms with Gasteiger partial charge in [0.1, 0.15) is 5.75 Å². The van der Waals surface area contributed by atoms with Crippen LogP contribution in [-0.4, -0.2) is 63.5 Å². The van der Waals surface area contributed by atoms with Crippen molar-refractivity contribution in [2.24, 2.45) is 23.7 Å². The Balaban J connectivity index is 1.09. The van der Waals surface area contributed by atoms with Crippen LogP contribution < -0.4 is 0 Å². The fourth-order valence-electron chi connectivity index (χ4n) is 8.46. The van der Waals surface area contributed by atoms with E-state index in [1.807, 2.05) is 42.5 Å². The van der Waals surface area contributed by atoms with Crippen molar-refractivity contribution in [3.05, 3.63) is 105 Å². The molecule has 0 radical (unpaired) electrons. The molecule has 2 aromatic carbocycles. The van der Waals surface area contributed by atoms with Crippen LogP contribution in [0.25, 0.3) is 11.6 Å². The fraction of sp³-hybridized carbons (Fsp3) is 0.425. The smallest absolute Gasteiger partial charge is 0.234 e.